The standard InChI is InChI=1S/C16H15NO4/c18-15-9-4-11-12(20-7-19-11)5-10(9)16-2-1-8-3-13(16)17(15)6-14(16)21-8/h1-2,4-5,8,13-15,18H,3,6-7H2. The fourth-order valence-corrected chi connectivity index (χ4v) is 4.98. The molecule has 21 heavy (non-hydrogen) atoms. The van der Waals surface area contributed by atoms with Crippen LogP contribution in [-0.2, 0) is 10.2 Å². The molecular formula is C16H15NO4. The van der Waals surface area contributed by atoms with E-state index in [1.165, 1.54) is 0 Å². The van der Waals surface area contributed by atoms with E-state index in [4.69, 9.17) is 14.2 Å². The molecule has 7 rings (SSSR count). The van der Waals surface area contributed by atoms with Gasteiger partial charge in [0.15, 0.2) is 11.5 Å². The molecule has 5 aliphatic heterocycles. The van der Waals surface area contributed by atoms with Crippen molar-refractivity contribution in [1.82, 2.24) is 4.90 Å². The fourth-order valence-electron chi connectivity index (χ4n) is 4.98. The molecule has 1 aromatic rings. The molecule has 5 heteroatoms. The molecule has 6 unspecified atom stereocenters. The summed E-state index contributed by atoms with van der Waals surface area (Å²) < 4.78 is 17.2. The van der Waals surface area contributed by atoms with Gasteiger partial charge in [-0.05, 0) is 24.1 Å². The normalized spacial score (nSPS) is 46.8. The van der Waals surface area contributed by atoms with Gasteiger partial charge < -0.3 is 19.3 Å². The van der Waals surface area contributed by atoms with Crippen LogP contribution in [0.4, 0.5) is 0 Å². The molecule has 0 aromatic heterocycles. The van der Waals surface area contributed by atoms with Crippen molar-refractivity contribution in [1.29, 1.82) is 0 Å². The number of aliphatic hydroxyl groups is 1. The van der Waals surface area contributed by atoms with Crippen LogP contribution in [0, 0.1) is 0 Å². The molecule has 5 bridgehead atoms. The minimum Gasteiger partial charge on any atom is -0.454 e. The lowest BCUT2D eigenvalue weighted by Crippen LogP contribution is -2.58. The molecule has 1 spiro atoms. The van der Waals surface area contributed by atoms with Gasteiger partial charge in [-0.15, -0.1) is 0 Å². The molecule has 5 nitrogen and oxygen atoms in total. The summed E-state index contributed by atoms with van der Waals surface area (Å²) in [6.45, 7) is 1.04. The number of aliphatic hydroxyl groups excluding tert-OH is 1. The summed E-state index contributed by atoms with van der Waals surface area (Å²) in [7, 11) is 0. The number of rotatable bonds is 0. The van der Waals surface area contributed by atoms with Gasteiger partial charge in [-0.2, -0.15) is 0 Å². The molecule has 0 radical (unpaired) electrons. The molecule has 0 saturated carbocycles. The zero-order valence-corrected chi connectivity index (χ0v) is 11.4. The van der Waals surface area contributed by atoms with Gasteiger partial charge >= 0.3 is 0 Å². The first kappa shape index (κ1) is 11.1. The summed E-state index contributed by atoms with van der Waals surface area (Å²) in [5, 5.41) is 10.8. The Morgan fingerprint density at radius 1 is 1.24 bits per heavy atom. The van der Waals surface area contributed by atoms with Crippen LogP contribution in [-0.4, -0.2) is 41.6 Å². The first-order chi connectivity index (χ1) is 10.3. The smallest absolute Gasteiger partial charge is 0.231 e. The lowest BCUT2D eigenvalue weighted by atomic mass is 9.63. The maximum atomic E-state index is 10.8. The van der Waals surface area contributed by atoms with Crippen molar-refractivity contribution >= 4 is 0 Å². The van der Waals surface area contributed by atoms with Crippen molar-refractivity contribution in [3.8, 4) is 11.5 Å². The van der Waals surface area contributed by atoms with E-state index < -0.39 is 6.23 Å². The average Bonchev–Trinajstić information content (AvgIpc) is 3.02. The third-order valence-electron chi connectivity index (χ3n) is 5.85. The summed E-state index contributed by atoms with van der Waals surface area (Å²) in [5.74, 6) is 1.51. The second-order valence-corrected chi connectivity index (χ2v) is 6.57. The Hall–Kier alpha value is -1.56. The van der Waals surface area contributed by atoms with Crippen molar-refractivity contribution in [2.75, 3.05) is 13.3 Å². The molecular weight excluding hydrogens is 270 g/mol. The predicted molar refractivity (Wildman–Crippen MR) is 72.1 cm³/mol. The summed E-state index contributed by atoms with van der Waals surface area (Å²) in [6.07, 6.45) is 5.21. The zero-order chi connectivity index (χ0) is 13.8. The molecule has 5 heterocycles. The Balaban J connectivity index is 1.68. The topological polar surface area (TPSA) is 51.2 Å². The van der Waals surface area contributed by atoms with Crippen LogP contribution in [0.3, 0.4) is 0 Å². The van der Waals surface area contributed by atoms with Gasteiger partial charge in [0.05, 0.1) is 17.6 Å². The van der Waals surface area contributed by atoms with Crippen molar-refractivity contribution in [3.63, 3.8) is 0 Å². The number of ether oxygens (including phenoxy) is 3. The maximum Gasteiger partial charge on any atom is 0.231 e. The number of benzene rings is 1. The van der Waals surface area contributed by atoms with E-state index in [9.17, 15) is 5.11 Å². The van der Waals surface area contributed by atoms with Gasteiger partial charge in [0.1, 0.15) is 6.23 Å². The monoisotopic (exact) mass is 285 g/mol. The number of nitrogens with zero attached hydrogens (tertiary/aromatic N) is 1. The summed E-state index contributed by atoms with van der Waals surface area (Å²) in [4.78, 5) is 2.19. The van der Waals surface area contributed by atoms with Gasteiger partial charge in [-0.25, -0.2) is 0 Å². The molecule has 2 fully saturated rings. The van der Waals surface area contributed by atoms with Crippen LogP contribution < -0.4 is 9.47 Å². The first-order valence-electron chi connectivity index (χ1n) is 7.50. The molecule has 0 amide bonds. The van der Waals surface area contributed by atoms with Crippen molar-refractivity contribution in [2.45, 2.75) is 36.3 Å². The van der Waals surface area contributed by atoms with E-state index in [0.29, 0.717) is 6.04 Å². The minimum atomic E-state index is -0.577. The van der Waals surface area contributed by atoms with E-state index >= 15 is 0 Å². The van der Waals surface area contributed by atoms with Gasteiger partial charge in [-0.1, -0.05) is 12.2 Å². The quantitative estimate of drug-likeness (QED) is 0.723. The molecule has 6 aliphatic rings. The highest BCUT2D eigenvalue weighted by molar-refractivity contribution is 5.58. The fraction of sp³-hybridized carbons (Fsp3) is 0.500. The SMILES string of the molecule is OC1c2cc3c(cc2C24C=CC5CC2N1CC4O5)OCO3. The maximum absolute atomic E-state index is 10.8. The number of hydrogen-bond donors (Lipinski definition) is 1. The Labute approximate surface area is 121 Å². The minimum absolute atomic E-state index is 0.127. The van der Waals surface area contributed by atoms with Crippen LogP contribution in [0.25, 0.3) is 0 Å². The molecule has 1 aromatic carbocycles. The van der Waals surface area contributed by atoms with Crippen LogP contribution in [0.2, 0.25) is 0 Å². The Morgan fingerprint density at radius 3 is 3.00 bits per heavy atom. The molecule has 108 valence electrons. The summed E-state index contributed by atoms with van der Waals surface area (Å²) in [6, 6.07) is 4.33. The third-order valence-corrected chi connectivity index (χ3v) is 5.85. The lowest BCUT2D eigenvalue weighted by Gasteiger charge is -2.52. The summed E-state index contributed by atoms with van der Waals surface area (Å²) >= 11 is 0. The van der Waals surface area contributed by atoms with E-state index in [2.05, 4.69) is 23.1 Å². The van der Waals surface area contributed by atoms with E-state index in [1.807, 2.05) is 6.07 Å². The van der Waals surface area contributed by atoms with Crippen LogP contribution in [0.5, 0.6) is 11.5 Å². The Kier molecular flexibility index (Phi) is 1.72. The Morgan fingerprint density at radius 2 is 2.10 bits per heavy atom. The largest absolute Gasteiger partial charge is 0.454 e. The van der Waals surface area contributed by atoms with E-state index in [1.54, 1.807) is 0 Å². The summed E-state index contributed by atoms with van der Waals surface area (Å²) in [5.41, 5.74) is 1.95. The van der Waals surface area contributed by atoms with Gasteiger partial charge in [0.2, 0.25) is 6.79 Å². The van der Waals surface area contributed by atoms with Gasteiger partial charge in [-0.3, -0.25) is 4.90 Å². The lowest BCUT2D eigenvalue weighted by molar-refractivity contribution is -0.0714. The van der Waals surface area contributed by atoms with E-state index in [0.717, 1.165) is 35.6 Å². The highest BCUT2D eigenvalue weighted by Crippen LogP contribution is 2.59. The third kappa shape index (κ3) is 1.06. The van der Waals surface area contributed by atoms with Crippen molar-refractivity contribution < 1.29 is 19.3 Å². The first-order valence-corrected chi connectivity index (χ1v) is 7.50. The van der Waals surface area contributed by atoms with Crippen molar-refractivity contribution in [2.24, 2.45) is 0 Å². The van der Waals surface area contributed by atoms with Gasteiger partial charge in [0, 0.05) is 18.2 Å². The number of fused-ring (bicyclic) bond motifs is 2. The molecule has 6 atom stereocenters. The highest BCUT2D eigenvalue weighted by atomic mass is 16.7. The zero-order valence-electron chi connectivity index (χ0n) is 11.4. The van der Waals surface area contributed by atoms with Crippen LogP contribution in [0.15, 0.2) is 24.3 Å². The molecule has 1 N–H and O–H groups in total. The van der Waals surface area contributed by atoms with Crippen LogP contribution >= 0.6 is 0 Å². The molecule has 1 aliphatic carbocycles. The predicted octanol–water partition coefficient (Wildman–Crippen LogP) is 1.07. The Bertz CT molecular complexity index is 702. The second-order valence-electron chi connectivity index (χ2n) is 6.57. The average molecular weight is 285 g/mol. The van der Waals surface area contributed by atoms with Crippen LogP contribution in [0.1, 0.15) is 23.8 Å². The second kappa shape index (κ2) is 3.27. The number of hydrogen-bond acceptors (Lipinski definition) is 5. The van der Waals surface area contributed by atoms with Gasteiger partial charge in [0.25, 0.3) is 0 Å². The highest BCUT2D eigenvalue weighted by Gasteiger charge is 2.65. The van der Waals surface area contributed by atoms with E-state index in [-0.39, 0.29) is 24.4 Å². The van der Waals surface area contributed by atoms with Crippen molar-refractivity contribution in [3.05, 3.63) is 35.4 Å². The molecule has 2 saturated heterocycles.